The number of piperazine rings is 1. The number of carbonyl (C=O) groups excluding carboxylic acids is 2. The molecule has 0 unspecified atom stereocenters. The van der Waals surface area contributed by atoms with Crippen LogP contribution >= 0.6 is 11.3 Å². The van der Waals surface area contributed by atoms with Crippen LogP contribution in [0.4, 0.5) is 8.78 Å². The first-order chi connectivity index (χ1) is 18.4. The molecule has 1 aliphatic rings. The number of rotatable bonds is 6. The molecule has 6 nitrogen and oxygen atoms in total. The summed E-state index contributed by atoms with van der Waals surface area (Å²) in [5.41, 5.74) is 2.47. The summed E-state index contributed by atoms with van der Waals surface area (Å²) in [6, 6.07) is 16.3. The molecule has 4 aromatic rings. The summed E-state index contributed by atoms with van der Waals surface area (Å²) < 4.78 is 35.5. The van der Waals surface area contributed by atoms with Crippen molar-refractivity contribution in [1.82, 2.24) is 14.4 Å². The maximum atomic E-state index is 14.9. The van der Waals surface area contributed by atoms with E-state index in [-0.39, 0.29) is 17.5 Å². The maximum Gasteiger partial charge on any atom is 0.255 e. The Bertz CT molecular complexity index is 1460. The number of carbonyl (C=O) groups is 2. The molecule has 196 valence electrons. The average molecular weight is 536 g/mol. The highest BCUT2D eigenvalue weighted by Gasteiger charge is 2.28. The number of hydrogen-bond acceptors (Lipinski definition) is 4. The van der Waals surface area contributed by atoms with Gasteiger partial charge >= 0.3 is 0 Å². The second-order valence-corrected chi connectivity index (χ2v) is 10.1. The van der Waals surface area contributed by atoms with Crippen molar-refractivity contribution in [2.24, 2.45) is 0 Å². The Morgan fingerprint density at radius 1 is 0.947 bits per heavy atom. The third-order valence-electron chi connectivity index (χ3n) is 6.84. The van der Waals surface area contributed by atoms with Crippen LogP contribution in [0.15, 0.2) is 66.0 Å². The van der Waals surface area contributed by atoms with Gasteiger partial charge in [-0.15, -0.1) is 11.3 Å². The molecule has 38 heavy (non-hydrogen) atoms. The molecule has 0 aliphatic carbocycles. The van der Waals surface area contributed by atoms with Crippen LogP contribution in [-0.4, -0.2) is 59.5 Å². The molecule has 2 aromatic heterocycles. The van der Waals surface area contributed by atoms with E-state index in [1.807, 2.05) is 29.6 Å². The highest BCUT2D eigenvalue weighted by Crippen LogP contribution is 2.32. The largest absolute Gasteiger partial charge is 0.497 e. The van der Waals surface area contributed by atoms with Crippen molar-refractivity contribution in [1.29, 1.82) is 0 Å². The van der Waals surface area contributed by atoms with E-state index < -0.39 is 11.6 Å². The van der Waals surface area contributed by atoms with Gasteiger partial charge in [0, 0.05) is 42.8 Å². The first-order valence-corrected chi connectivity index (χ1v) is 13.2. The number of amides is 2. The van der Waals surface area contributed by atoms with Crippen LogP contribution in [0.1, 0.15) is 20.9 Å². The Hall–Kier alpha value is -3.98. The zero-order chi connectivity index (χ0) is 26.8. The summed E-state index contributed by atoms with van der Waals surface area (Å²) in [5, 5.41) is 1.95. The third kappa shape index (κ3) is 5.06. The SMILES string of the molecule is COc1ccc(-c2cc(C(=O)N3CCN(C(=O)Cc4cccs4)CC3)c(C)n2-c2ccc(F)cc2F)cc1. The molecule has 9 heteroatoms. The van der Waals surface area contributed by atoms with Crippen LogP contribution in [0.25, 0.3) is 16.9 Å². The molecule has 0 spiro atoms. The first-order valence-electron chi connectivity index (χ1n) is 12.3. The third-order valence-corrected chi connectivity index (χ3v) is 7.72. The zero-order valence-corrected chi connectivity index (χ0v) is 21.9. The van der Waals surface area contributed by atoms with Crippen molar-refractivity contribution in [3.05, 3.63) is 93.8 Å². The molecule has 3 heterocycles. The lowest BCUT2D eigenvalue weighted by molar-refractivity contribution is -0.131. The molecule has 1 aliphatic heterocycles. The van der Waals surface area contributed by atoms with Gasteiger partial charge in [0.05, 0.1) is 30.5 Å². The van der Waals surface area contributed by atoms with Gasteiger partial charge in [0.25, 0.3) is 5.91 Å². The summed E-state index contributed by atoms with van der Waals surface area (Å²) in [7, 11) is 1.57. The Balaban J connectivity index is 1.43. The first kappa shape index (κ1) is 25.7. The van der Waals surface area contributed by atoms with Gasteiger partial charge < -0.3 is 19.1 Å². The van der Waals surface area contributed by atoms with E-state index in [0.717, 1.165) is 16.5 Å². The van der Waals surface area contributed by atoms with Gasteiger partial charge in [-0.2, -0.15) is 0 Å². The smallest absolute Gasteiger partial charge is 0.255 e. The van der Waals surface area contributed by atoms with Gasteiger partial charge in [-0.05, 0) is 66.4 Å². The number of aromatic nitrogens is 1. The van der Waals surface area contributed by atoms with Crippen molar-refractivity contribution in [3.63, 3.8) is 0 Å². The molecule has 1 fully saturated rings. The molecule has 5 rings (SSSR count). The Kier molecular flexibility index (Phi) is 7.28. The van der Waals surface area contributed by atoms with Gasteiger partial charge in [0.15, 0.2) is 0 Å². The molecular formula is C29H27F2N3O3S. The predicted molar refractivity (Wildman–Crippen MR) is 143 cm³/mol. The van der Waals surface area contributed by atoms with Gasteiger partial charge in [0.1, 0.15) is 17.4 Å². The fourth-order valence-electron chi connectivity index (χ4n) is 4.77. The Morgan fingerprint density at radius 2 is 1.66 bits per heavy atom. The maximum absolute atomic E-state index is 14.9. The standard InChI is InChI=1S/C29H27F2N3O3S/c1-19-24(29(36)33-13-11-32(12-14-33)28(35)17-23-4-3-15-38-23)18-27(20-5-8-22(37-2)9-6-20)34(19)26-10-7-21(30)16-25(26)31/h3-10,15-16,18H,11-14,17H2,1-2H3. The van der Waals surface area contributed by atoms with E-state index in [1.165, 1.54) is 12.1 Å². The van der Waals surface area contributed by atoms with Crippen LogP contribution in [0.5, 0.6) is 5.75 Å². The zero-order valence-electron chi connectivity index (χ0n) is 21.1. The number of halogens is 2. The van der Waals surface area contributed by atoms with Gasteiger partial charge in [-0.25, -0.2) is 8.78 Å². The molecule has 1 saturated heterocycles. The van der Waals surface area contributed by atoms with Crippen LogP contribution < -0.4 is 4.74 Å². The van der Waals surface area contributed by atoms with E-state index in [1.54, 1.807) is 57.9 Å². The van der Waals surface area contributed by atoms with E-state index in [0.29, 0.717) is 55.3 Å². The molecule has 0 N–H and O–H groups in total. The van der Waals surface area contributed by atoms with Gasteiger partial charge in [-0.1, -0.05) is 6.07 Å². The number of nitrogens with zero attached hydrogens (tertiary/aromatic N) is 3. The summed E-state index contributed by atoms with van der Waals surface area (Å²) in [6.07, 6.45) is 0.363. The summed E-state index contributed by atoms with van der Waals surface area (Å²) in [6.45, 7) is 3.47. The van der Waals surface area contributed by atoms with Gasteiger partial charge in [-0.3, -0.25) is 9.59 Å². The number of ether oxygens (including phenoxy) is 1. The minimum atomic E-state index is -0.727. The lowest BCUT2D eigenvalue weighted by atomic mass is 10.1. The minimum Gasteiger partial charge on any atom is -0.497 e. The van der Waals surface area contributed by atoms with E-state index in [4.69, 9.17) is 4.74 Å². The Labute approximate surface area is 223 Å². The quantitative estimate of drug-likeness (QED) is 0.336. The molecule has 0 atom stereocenters. The average Bonchev–Trinajstić information content (AvgIpc) is 3.56. The van der Waals surface area contributed by atoms with Crippen LogP contribution in [0, 0.1) is 18.6 Å². The second kappa shape index (κ2) is 10.8. The number of benzene rings is 2. The van der Waals surface area contributed by atoms with Crippen LogP contribution in [-0.2, 0) is 11.2 Å². The summed E-state index contributed by atoms with van der Waals surface area (Å²) >= 11 is 1.55. The minimum absolute atomic E-state index is 0.0514. The highest BCUT2D eigenvalue weighted by atomic mass is 32.1. The van der Waals surface area contributed by atoms with E-state index in [2.05, 4.69) is 0 Å². The van der Waals surface area contributed by atoms with Crippen molar-refractivity contribution in [3.8, 4) is 22.7 Å². The molecule has 0 bridgehead atoms. The molecular weight excluding hydrogens is 508 g/mol. The van der Waals surface area contributed by atoms with E-state index in [9.17, 15) is 18.4 Å². The lowest BCUT2D eigenvalue weighted by Gasteiger charge is -2.34. The van der Waals surface area contributed by atoms with Crippen molar-refractivity contribution < 1.29 is 23.1 Å². The summed E-state index contributed by atoms with van der Waals surface area (Å²) in [4.78, 5) is 30.9. The van der Waals surface area contributed by atoms with E-state index >= 15 is 0 Å². The van der Waals surface area contributed by atoms with Crippen molar-refractivity contribution in [2.75, 3.05) is 33.3 Å². The number of hydrogen-bond donors (Lipinski definition) is 0. The molecule has 2 amide bonds. The second-order valence-electron chi connectivity index (χ2n) is 9.12. The van der Waals surface area contributed by atoms with Crippen LogP contribution in [0.3, 0.4) is 0 Å². The number of thiophene rings is 1. The summed E-state index contributed by atoms with van der Waals surface area (Å²) in [5.74, 6) is -0.876. The highest BCUT2D eigenvalue weighted by molar-refractivity contribution is 7.10. The molecule has 0 saturated carbocycles. The monoisotopic (exact) mass is 535 g/mol. The van der Waals surface area contributed by atoms with Crippen molar-refractivity contribution >= 4 is 23.2 Å². The van der Waals surface area contributed by atoms with Crippen molar-refractivity contribution in [2.45, 2.75) is 13.3 Å². The normalized spacial score (nSPS) is 13.6. The fourth-order valence-corrected chi connectivity index (χ4v) is 5.47. The fraction of sp³-hybridized carbons (Fsp3) is 0.241. The lowest BCUT2D eigenvalue weighted by Crippen LogP contribution is -2.51. The van der Waals surface area contributed by atoms with Crippen LogP contribution in [0.2, 0.25) is 0 Å². The predicted octanol–water partition coefficient (Wildman–Crippen LogP) is 5.33. The molecule has 0 radical (unpaired) electrons. The Morgan fingerprint density at radius 3 is 2.29 bits per heavy atom. The topological polar surface area (TPSA) is 54.8 Å². The van der Waals surface area contributed by atoms with Gasteiger partial charge in [0.2, 0.25) is 5.91 Å². The molecule has 2 aromatic carbocycles. The number of methoxy groups -OCH3 is 1.